The molecule has 0 fully saturated rings. The number of benzene rings is 1. The number of hydrogen-bond donors (Lipinski definition) is 1. The van der Waals surface area contributed by atoms with Gasteiger partial charge < -0.3 is 4.89 Å². The van der Waals surface area contributed by atoms with Crippen molar-refractivity contribution < 1.29 is 18.9 Å². The van der Waals surface area contributed by atoms with Crippen LogP contribution >= 0.6 is 8.25 Å². The summed E-state index contributed by atoms with van der Waals surface area (Å²) in [6.45, 7) is 3.69. The van der Waals surface area contributed by atoms with Crippen molar-refractivity contribution in [1.29, 1.82) is 0 Å². The summed E-state index contributed by atoms with van der Waals surface area (Å²) >= 11 is 0. The second-order valence-corrected chi connectivity index (χ2v) is 4.61. The van der Waals surface area contributed by atoms with Crippen LogP contribution in [-0.2, 0) is 14.7 Å². The Balaban J connectivity index is 3.13. The molecule has 0 radical (unpaired) electrons. The average molecular weight is 273 g/mol. The Bertz CT molecular complexity index is 441. The molecule has 1 aromatic rings. The van der Waals surface area contributed by atoms with E-state index < -0.39 is 18.8 Å². The first-order valence-electron chi connectivity index (χ1n) is 5.62. The summed E-state index contributed by atoms with van der Waals surface area (Å²) in [7, 11) is -3.07. The van der Waals surface area contributed by atoms with Gasteiger partial charge in [-0.05, 0) is 30.5 Å². The van der Waals surface area contributed by atoms with Gasteiger partial charge in [-0.3, -0.25) is 19.2 Å². The Morgan fingerprint density at radius 3 is 2.17 bits per heavy atom. The van der Waals surface area contributed by atoms with Gasteiger partial charge in [0.2, 0.25) is 0 Å². The largest absolute Gasteiger partial charge is 0.326 e. The molecule has 0 bridgehead atoms. The first kappa shape index (κ1) is 14.8. The predicted molar refractivity (Wildman–Crippen MR) is 67.7 cm³/mol. The number of nitrogens with zero attached hydrogens (tertiary/aromatic N) is 1. The zero-order chi connectivity index (χ0) is 13.8. The molecule has 6 nitrogen and oxygen atoms in total. The Morgan fingerprint density at radius 1 is 1.33 bits per heavy atom. The Morgan fingerprint density at radius 2 is 1.83 bits per heavy atom. The molecular weight excluding hydrogens is 257 g/mol. The van der Waals surface area contributed by atoms with Gasteiger partial charge in [-0.25, -0.2) is 0 Å². The molecule has 1 unspecified atom stereocenters. The molecule has 1 atom stereocenters. The average Bonchev–Trinajstić information content (AvgIpc) is 2.36. The highest BCUT2D eigenvalue weighted by Crippen LogP contribution is 2.40. The lowest BCUT2D eigenvalue weighted by Gasteiger charge is -2.30. The van der Waals surface area contributed by atoms with Crippen LogP contribution in [0.3, 0.4) is 0 Å². The third-order valence-electron chi connectivity index (χ3n) is 3.03. The second-order valence-electron chi connectivity index (χ2n) is 3.87. The summed E-state index contributed by atoms with van der Waals surface area (Å²) in [5.74, 6) is 0. The SMILES string of the molecule is CCC(CC)(O[PH](=O)O)c1ccc([N+](=O)[O-])cc1. The highest BCUT2D eigenvalue weighted by molar-refractivity contribution is 7.32. The molecule has 100 valence electrons. The minimum absolute atomic E-state index is 0.0171. The van der Waals surface area contributed by atoms with E-state index in [-0.39, 0.29) is 5.69 Å². The smallest absolute Gasteiger partial charge is 0.317 e. The van der Waals surface area contributed by atoms with Crippen molar-refractivity contribution in [3.8, 4) is 0 Å². The van der Waals surface area contributed by atoms with Crippen molar-refractivity contribution in [2.75, 3.05) is 0 Å². The molecule has 7 heteroatoms. The zero-order valence-electron chi connectivity index (χ0n) is 10.3. The van der Waals surface area contributed by atoms with Crippen LogP contribution < -0.4 is 0 Å². The van der Waals surface area contributed by atoms with Crippen molar-refractivity contribution in [2.45, 2.75) is 32.3 Å². The Labute approximate surface area is 106 Å². The fraction of sp³-hybridized carbons (Fsp3) is 0.455. The molecule has 1 aromatic carbocycles. The molecule has 0 aliphatic rings. The fourth-order valence-electron chi connectivity index (χ4n) is 1.92. The first-order valence-corrected chi connectivity index (χ1v) is 6.88. The van der Waals surface area contributed by atoms with Crippen molar-refractivity contribution in [1.82, 2.24) is 0 Å². The lowest BCUT2D eigenvalue weighted by atomic mass is 9.88. The molecule has 1 N–H and O–H groups in total. The van der Waals surface area contributed by atoms with Gasteiger partial charge in [0.05, 0.1) is 4.92 Å². The highest BCUT2D eigenvalue weighted by Gasteiger charge is 2.31. The zero-order valence-corrected chi connectivity index (χ0v) is 11.3. The summed E-state index contributed by atoms with van der Waals surface area (Å²) < 4.78 is 16.1. The van der Waals surface area contributed by atoms with Crippen LogP contribution in [0, 0.1) is 10.1 Å². The second kappa shape index (κ2) is 6.09. The van der Waals surface area contributed by atoms with E-state index in [0.717, 1.165) is 0 Å². The number of non-ortho nitro benzene ring substituents is 1. The van der Waals surface area contributed by atoms with Crippen molar-refractivity contribution >= 4 is 13.9 Å². The summed E-state index contributed by atoms with van der Waals surface area (Å²) in [5, 5.41) is 10.6. The first-order chi connectivity index (χ1) is 8.45. The van der Waals surface area contributed by atoms with Crippen LogP contribution in [0.2, 0.25) is 0 Å². The molecule has 0 amide bonds. The Hall–Kier alpha value is -1.23. The van der Waals surface area contributed by atoms with E-state index in [9.17, 15) is 14.7 Å². The van der Waals surface area contributed by atoms with Gasteiger partial charge in [0.15, 0.2) is 0 Å². The van der Waals surface area contributed by atoms with Crippen molar-refractivity contribution in [3.63, 3.8) is 0 Å². The minimum Gasteiger partial charge on any atom is -0.326 e. The molecule has 18 heavy (non-hydrogen) atoms. The summed E-state index contributed by atoms with van der Waals surface area (Å²) in [4.78, 5) is 19.1. The van der Waals surface area contributed by atoms with Gasteiger partial charge >= 0.3 is 8.25 Å². The van der Waals surface area contributed by atoms with Gasteiger partial charge in [0.1, 0.15) is 5.60 Å². The van der Waals surface area contributed by atoms with Crippen LogP contribution in [0.25, 0.3) is 0 Å². The normalized spacial score (nSPS) is 13.3. The van der Waals surface area contributed by atoms with E-state index in [4.69, 9.17) is 9.42 Å². The summed E-state index contributed by atoms with van der Waals surface area (Å²) in [5.41, 5.74) is -0.207. The number of nitro benzene ring substituents is 1. The van der Waals surface area contributed by atoms with Crippen LogP contribution in [0.15, 0.2) is 24.3 Å². The quantitative estimate of drug-likeness (QED) is 0.489. The summed E-state index contributed by atoms with van der Waals surface area (Å²) in [6.07, 6.45) is 1.02. The minimum atomic E-state index is -3.07. The Kier molecular flexibility index (Phi) is 5.02. The van der Waals surface area contributed by atoms with Gasteiger partial charge in [-0.2, -0.15) is 0 Å². The topological polar surface area (TPSA) is 89.7 Å². The van der Waals surface area contributed by atoms with Gasteiger partial charge in [-0.15, -0.1) is 0 Å². The van der Waals surface area contributed by atoms with Gasteiger partial charge in [0.25, 0.3) is 5.69 Å². The van der Waals surface area contributed by atoms with Gasteiger partial charge in [-0.1, -0.05) is 13.8 Å². The molecule has 0 saturated carbocycles. The lowest BCUT2D eigenvalue weighted by molar-refractivity contribution is -0.384. The van der Waals surface area contributed by atoms with E-state index >= 15 is 0 Å². The maximum atomic E-state index is 10.9. The number of rotatable bonds is 6. The van der Waals surface area contributed by atoms with E-state index in [2.05, 4.69) is 0 Å². The predicted octanol–water partition coefficient (Wildman–Crippen LogP) is 3.01. The fourth-order valence-corrected chi connectivity index (χ4v) is 2.66. The van der Waals surface area contributed by atoms with E-state index in [1.54, 1.807) is 12.1 Å². The molecule has 0 saturated heterocycles. The van der Waals surface area contributed by atoms with Crippen LogP contribution in [-0.4, -0.2) is 9.82 Å². The monoisotopic (exact) mass is 273 g/mol. The van der Waals surface area contributed by atoms with E-state index in [0.29, 0.717) is 18.4 Å². The lowest BCUT2D eigenvalue weighted by Crippen LogP contribution is -2.25. The molecule has 0 aromatic heterocycles. The van der Waals surface area contributed by atoms with Crippen molar-refractivity contribution in [2.24, 2.45) is 0 Å². The van der Waals surface area contributed by atoms with Crippen LogP contribution in [0.1, 0.15) is 32.3 Å². The van der Waals surface area contributed by atoms with Crippen LogP contribution in [0.4, 0.5) is 5.69 Å². The highest BCUT2D eigenvalue weighted by atomic mass is 31.1. The molecule has 0 heterocycles. The third-order valence-corrected chi connectivity index (χ3v) is 3.59. The standard InChI is InChI=1S/C11H16NO5P/c1-3-11(4-2,17-18(15)16)9-5-7-10(8-6-9)12(13)14/h5-8,18H,3-4H2,1-2H3,(H,15,16). The van der Waals surface area contributed by atoms with Crippen LogP contribution in [0.5, 0.6) is 0 Å². The number of nitro groups is 1. The molecule has 0 aliphatic heterocycles. The molecule has 0 aliphatic carbocycles. The maximum absolute atomic E-state index is 10.9. The van der Waals surface area contributed by atoms with E-state index in [1.165, 1.54) is 12.1 Å². The molecule has 0 spiro atoms. The molecular formula is C11H16NO5P. The van der Waals surface area contributed by atoms with Crippen molar-refractivity contribution in [3.05, 3.63) is 39.9 Å². The van der Waals surface area contributed by atoms with Gasteiger partial charge in [0, 0.05) is 12.1 Å². The summed E-state index contributed by atoms with van der Waals surface area (Å²) in [6, 6.07) is 5.87. The third kappa shape index (κ3) is 3.16. The number of hydrogen-bond acceptors (Lipinski definition) is 4. The van der Waals surface area contributed by atoms with E-state index in [1.807, 2.05) is 13.8 Å². The maximum Gasteiger partial charge on any atom is 0.317 e. The molecule has 1 rings (SSSR count).